The van der Waals surface area contributed by atoms with Gasteiger partial charge in [-0.05, 0) is 60.8 Å². The molecule has 0 aliphatic rings. The number of carbonyl (C=O) groups is 1. The summed E-state index contributed by atoms with van der Waals surface area (Å²) >= 11 is 0. The Balaban J connectivity index is 1.20. The Hall–Kier alpha value is -4.13. The number of halogens is 1. The second-order valence-corrected chi connectivity index (χ2v) is 8.58. The van der Waals surface area contributed by atoms with E-state index in [-0.39, 0.29) is 12.2 Å². The van der Waals surface area contributed by atoms with Crippen LogP contribution in [0.25, 0.3) is 21.7 Å². The average Bonchev–Trinajstić information content (AvgIpc) is 2.89. The third kappa shape index (κ3) is 6.97. The van der Waals surface area contributed by atoms with E-state index < -0.39 is 5.91 Å². The van der Waals surface area contributed by atoms with Gasteiger partial charge in [0.1, 0.15) is 12.4 Å². The van der Waals surface area contributed by atoms with Crippen molar-refractivity contribution in [1.29, 1.82) is 5.26 Å². The van der Waals surface area contributed by atoms with E-state index in [0.29, 0.717) is 48.9 Å². The molecule has 0 saturated heterocycles. The third-order valence-electron chi connectivity index (χ3n) is 5.83. The molecule has 37 heavy (non-hydrogen) atoms. The van der Waals surface area contributed by atoms with Crippen LogP contribution in [0.4, 0.5) is 4.39 Å². The van der Waals surface area contributed by atoms with E-state index in [4.69, 9.17) is 20.5 Å². The summed E-state index contributed by atoms with van der Waals surface area (Å²) in [6.45, 7) is 2.65. The Morgan fingerprint density at radius 2 is 1.89 bits per heavy atom. The number of hydrogen-bond donors (Lipinski definition) is 2. The second kappa shape index (κ2) is 12.7. The summed E-state index contributed by atoms with van der Waals surface area (Å²) in [6.07, 6.45) is 5.42. The van der Waals surface area contributed by atoms with Crippen LogP contribution in [0.3, 0.4) is 0 Å². The van der Waals surface area contributed by atoms with Gasteiger partial charge in [-0.2, -0.15) is 5.26 Å². The maximum absolute atomic E-state index is 13.6. The number of benzene rings is 2. The van der Waals surface area contributed by atoms with E-state index in [9.17, 15) is 9.18 Å². The van der Waals surface area contributed by atoms with Gasteiger partial charge in [-0.1, -0.05) is 12.1 Å². The molecule has 1 amide bonds. The molecule has 2 aromatic heterocycles. The Morgan fingerprint density at radius 3 is 2.73 bits per heavy atom. The maximum atomic E-state index is 13.6. The molecule has 0 spiro atoms. The van der Waals surface area contributed by atoms with Gasteiger partial charge in [-0.15, -0.1) is 0 Å². The van der Waals surface area contributed by atoms with Crippen LogP contribution in [0, 0.1) is 17.1 Å². The number of aromatic nitrogens is 2. The topological polar surface area (TPSA) is 123 Å². The van der Waals surface area contributed by atoms with Crippen molar-refractivity contribution < 1.29 is 18.7 Å². The normalized spacial score (nSPS) is 11.0. The third-order valence-corrected chi connectivity index (χ3v) is 5.83. The van der Waals surface area contributed by atoms with E-state index in [1.165, 1.54) is 12.1 Å². The number of fused-ring (bicyclic) bond motifs is 3. The van der Waals surface area contributed by atoms with Crippen molar-refractivity contribution in [3.05, 3.63) is 77.4 Å². The molecule has 9 heteroatoms. The van der Waals surface area contributed by atoms with Crippen LogP contribution in [0.15, 0.2) is 54.9 Å². The molecular weight excluding hydrogens is 473 g/mol. The van der Waals surface area contributed by atoms with Crippen molar-refractivity contribution in [2.75, 3.05) is 26.4 Å². The summed E-state index contributed by atoms with van der Waals surface area (Å²) in [6, 6.07) is 13.8. The van der Waals surface area contributed by atoms with Crippen LogP contribution in [0.2, 0.25) is 0 Å². The Morgan fingerprint density at radius 1 is 1.03 bits per heavy atom. The number of amides is 1. The zero-order valence-corrected chi connectivity index (χ0v) is 20.4. The van der Waals surface area contributed by atoms with Crippen LogP contribution >= 0.6 is 0 Å². The standard InChI is InChI=1S/C28H28FN5O3/c29-22-14-19(5-7-30)13-20(15-22)17-32-8-1-2-10-36-11-12-37-28-24-6-9-33-18-25(24)23-4-3-21(27(31)35)16-26(23)34-28/h3-4,6,9,13-16,18,32H,1-2,5,8,10-12,17H2,(H2,31,35). The first-order valence-corrected chi connectivity index (χ1v) is 12.1. The number of nitrogens with zero attached hydrogens (tertiary/aromatic N) is 3. The van der Waals surface area contributed by atoms with Crippen molar-refractivity contribution in [2.24, 2.45) is 5.73 Å². The van der Waals surface area contributed by atoms with E-state index in [1.807, 2.05) is 24.3 Å². The fourth-order valence-electron chi connectivity index (χ4n) is 4.08. The number of pyridine rings is 2. The Labute approximate surface area is 214 Å². The van der Waals surface area contributed by atoms with Crippen LogP contribution < -0.4 is 15.8 Å². The van der Waals surface area contributed by atoms with Crippen LogP contribution in [-0.2, 0) is 17.7 Å². The summed E-state index contributed by atoms with van der Waals surface area (Å²) in [5.74, 6) is -0.381. The summed E-state index contributed by atoms with van der Waals surface area (Å²) in [4.78, 5) is 20.4. The van der Waals surface area contributed by atoms with Crippen molar-refractivity contribution in [3.8, 4) is 11.9 Å². The highest BCUT2D eigenvalue weighted by atomic mass is 19.1. The highest BCUT2D eigenvalue weighted by molar-refractivity contribution is 6.09. The van der Waals surface area contributed by atoms with Crippen molar-refractivity contribution in [3.63, 3.8) is 0 Å². The second-order valence-electron chi connectivity index (χ2n) is 8.58. The SMILES string of the molecule is N#CCc1cc(F)cc(CNCCCCOCCOc2nc3cc(C(N)=O)ccc3c3cnccc23)c1. The zero-order valence-electron chi connectivity index (χ0n) is 20.4. The first-order valence-electron chi connectivity index (χ1n) is 12.1. The average molecular weight is 502 g/mol. The number of hydrogen-bond acceptors (Lipinski definition) is 7. The molecule has 190 valence electrons. The van der Waals surface area contributed by atoms with Crippen molar-refractivity contribution in [2.45, 2.75) is 25.8 Å². The predicted octanol–water partition coefficient (Wildman–Crippen LogP) is 4.05. The minimum Gasteiger partial charge on any atom is -0.475 e. The first-order chi connectivity index (χ1) is 18.0. The highest BCUT2D eigenvalue weighted by Gasteiger charge is 2.11. The van der Waals surface area contributed by atoms with Crippen molar-refractivity contribution in [1.82, 2.24) is 15.3 Å². The molecule has 8 nitrogen and oxygen atoms in total. The number of ether oxygens (including phenoxy) is 2. The largest absolute Gasteiger partial charge is 0.475 e. The molecule has 0 radical (unpaired) electrons. The summed E-state index contributed by atoms with van der Waals surface area (Å²) < 4.78 is 25.2. The van der Waals surface area contributed by atoms with Crippen LogP contribution in [0.1, 0.15) is 34.3 Å². The van der Waals surface area contributed by atoms with Gasteiger partial charge in [0.05, 0.1) is 24.6 Å². The molecule has 0 fully saturated rings. The lowest BCUT2D eigenvalue weighted by molar-refractivity contribution is 0.0966. The summed E-state index contributed by atoms with van der Waals surface area (Å²) in [5.41, 5.74) is 7.92. The molecule has 2 aromatic carbocycles. The predicted molar refractivity (Wildman–Crippen MR) is 139 cm³/mol. The zero-order chi connectivity index (χ0) is 26.0. The molecule has 0 unspecified atom stereocenters. The number of unbranched alkanes of at least 4 members (excludes halogenated alkanes) is 1. The van der Waals surface area contributed by atoms with Gasteiger partial charge in [0, 0.05) is 47.3 Å². The number of carbonyl (C=O) groups excluding carboxylic acids is 1. The van der Waals surface area contributed by atoms with Gasteiger partial charge in [0.15, 0.2) is 0 Å². The quantitative estimate of drug-likeness (QED) is 0.209. The van der Waals surface area contributed by atoms with E-state index in [2.05, 4.69) is 15.3 Å². The van der Waals surface area contributed by atoms with Gasteiger partial charge in [0.2, 0.25) is 11.8 Å². The van der Waals surface area contributed by atoms with E-state index >= 15 is 0 Å². The summed E-state index contributed by atoms with van der Waals surface area (Å²) in [5, 5.41) is 14.7. The highest BCUT2D eigenvalue weighted by Crippen LogP contribution is 2.30. The van der Waals surface area contributed by atoms with E-state index in [1.54, 1.807) is 24.5 Å². The number of nitrogens with two attached hydrogens (primary N) is 1. The lowest BCUT2D eigenvalue weighted by atomic mass is 10.1. The van der Waals surface area contributed by atoms with Gasteiger partial charge < -0.3 is 20.5 Å². The minimum atomic E-state index is -0.514. The van der Waals surface area contributed by atoms with Gasteiger partial charge in [-0.25, -0.2) is 9.37 Å². The molecule has 0 atom stereocenters. The molecule has 4 aromatic rings. The van der Waals surface area contributed by atoms with Gasteiger partial charge in [0.25, 0.3) is 0 Å². The molecule has 0 aliphatic heterocycles. The van der Waals surface area contributed by atoms with Gasteiger partial charge in [-0.3, -0.25) is 9.78 Å². The molecule has 4 rings (SSSR count). The van der Waals surface area contributed by atoms with E-state index in [0.717, 1.165) is 41.1 Å². The number of nitrogens with one attached hydrogen (secondary N) is 1. The van der Waals surface area contributed by atoms with Crippen LogP contribution in [0.5, 0.6) is 5.88 Å². The lowest BCUT2D eigenvalue weighted by Crippen LogP contribution is -2.16. The van der Waals surface area contributed by atoms with Crippen LogP contribution in [-0.4, -0.2) is 42.2 Å². The number of rotatable bonds is 13. The summed E-state index contributed by atoms with van der Waals surface area (Å²) in [7, 11) is 0. The first kappa shape index (κ1) is 25.9. The van der Waals surface area contributed by atoms with Gasteiger partial charge >= 0.3 is 0 Å². The monoisotopic (exact) mass is 501 g/mol. The lowest BCUT2D eigenvalue weighted by Gasteiger charge is -2.11. The number of primary amides is 1. The van der Waals surface area contributed by atoms with Crippen molar-refractivity contribution >= 4 is 27.6 Å². The number of nitriles is 1. The molecule has 2 heterocycles. The molecule has 0 saturated carbocycles. The fourth-order valence-corrected chi connectivity index (χ4v) is 4.08. The maximum Gasteiger partial charge on any atom is 0.248 e. The molecule has 0 bridgehead atoms. The molecule has 0 aliphatic carbocycles. The molecular formula is C28H28FN5O3. The molecule has 3 N–H and O–H groups in total. The Bertz CT molecular complexity index is 1440. The minimum absolute atomic E-state index is 0.201. The fraction of sp³-hybridized carbons (Fsp3) is 0.286. The smallest absolute Gasteiger partial charge is 0.248 e. The Kier molecular flexibility index (Phi) is 8.92.